The number of halogens is 2. The average Bonchev–Trinajstić information content (AvgIpc) is 3.11. The van der Waals surface area contributed by atoms with Gasteiger partial charge in [-0.15, -0.1) is 10.2 Å². The summed E-state index contributed by atoms with van der Waals surface area (Å²) in [4.78, 5) is 12.4. The van der Waals surface area contributed by atoms with Gasteiger partial charge in [0.15, 0.2) is 5.78 Å². The van der Waals surface area contributed by atoms with Crippen LogP contribution >= 0.6 is 11.8 Å². The van der Waals surface area contributed by atoms with Gasteiger partial charge in [0.25, 0.3) is 5.22 Å². The molecule has 1 heterocycles. The molecule has 140 valence electrons. The molecular formula is C19H16F2N2O3S. The van der Waals surface area contributed by atoms with Gasteiger partial charge in [-0.25, -0.2) is 0 Å². The Morgan fingerprint density at radius 2 is 1.89 bits per heavy atom. The summed E-state index contributed by atoms with van der Waals surface area (Å²) >= 11 is 1.15. The Morgan fingerprint density at radius 1 is 1.15 bits per heavy atom. The molecule has 0 aliphatic rings. The molecule has 1 aromatic heterocycles. The Labute approximate surface area is 158 Å². The molecule has 8 heteroatoms. The third-order valence-corrected chi connectivity index (χ3v) is 4.57. The van der Waals surface area contributed by atoms with Crippen molar-refractivity contribution >= 4 is 17.5 Å². The zero-order valence-electron chi connectivity index (χ0n) is 14.6. The van der Waals surface area contributed by atoms with Crippen LogP contribution in [0.3, 0.4) is 0 Å². The molecule has 0 spiro atoms. The highest BCUT2D eigenvalue weighted by Crippen LogP contribution is 2.26. The Bertz CT molecular complexity index is 942. The normalized spacial score (nSPS) is 11.0. The van der Waals surface area contributed by atoms with Crippen LogP contribution in [0.5, 0.6) is 5.75 Å². The van der Waals surface area contributed by atoms with Crippen molar-refractivity contribution in [3.05, 3.63) is 59.2 Å². The highest BCUT2D eigenvalue weighted by atomic mass is 32.2. The van der Waals surface area contributed by atoms with Crippen LogP contribution in [0.25, 0.3) is 11.5 Å². The molecular weight excluding hydrogens is 374 g/mol. The van der Waals surface area contributed by atoms with Crippen molar-refractivity contribution in [1.82, 2.24) is 10.2 Å². The largest absolute Gasteiger partial charge is 0.435 e. The third-order valence-electron chi connectivity index (χ3n) is 3.75. The standard InChI is InChI=1S/C19H16F2N2O3S/c1-11-3-4-12(2)15(9-11)16(24)10-27-19-23-22-17(26-19)13-5-7-14(8-6-13)25-18(20)21/h3-9,18H,10H2,1-2H3. The Hall–Kier alpha value is -2.74. The second-order valence-corrected chi connectivity index (χ2v) is 6.73. The monoisotopic (exact) mass is 390 g/mol. The molecule has 0 atom stereocenters. The lowest BCUT2D eigenvalue weighted by Gasteiger charge is -2.05. The number of Topliss-reactive ketones (excluding diaryl/α,β-unsaturated/α-hetero) is 1. The number of ether oxygens (including phenoxy) is 1. The molecule has 0 aliphatic heterocycles. The quantitative estimate of drug-likeness (QED) is 0.421. The van der Waals surface area contributed by atoms with E-state index in [4.69, 9.17) is 4.42 Å². The number of aromatic nitrogens is 2. The molecule has 3 aromatic rings. The maximum absolute atomic E-state index is 12.4. The van der Waals surface area contributed by atoms with E-state index in [0.717, 1.165) is 22.9 Å². The van der Waals surface area contributed by atoms with Gasteiger partial charge >= 0.3 is 6.61 Å². The molecule has 0 amide bonds. The van der Waals surface area contributed by atoms with Gasteiger partial charge in [0.05, 0.1) is 5.75 Å². The van der Waals surface area contributed by atoms with Gasteiger partial charge in [-0.1, -0.05) is 29.5 Å². The maximum atomic E-state index is 12.4. The van der Waals surface area contributed by atoms with E-state index < -0.39 is 6.61 Å². The number of aryl methyl sites for hydroxylation is 2. The van der Waals surface area contributed by atoms with Crippen LogP contribution < -0.4 is 4.74 Å². The number of rotatable bonds is 7. The van der Waals surface area contributed by atoms with Crippen molar-refractivity contribution in [2.24, 2.45) is 0 Å². The van der Waals surface area contributed by atoms with Crippen LogP contribution in [-0.2, 0) is 0 Å². The minimum atomic E-state index is -2.88. The van der Waals surface area contributed by atoms with E-state index in [1.54, 1.807) is 12.1 Å². The molecule has 27 heavy (non-hydrogen) atoms. The SMILES string of the molecule is Cc1ccc(C)c(C(=O)CSc2nnc(-c3ccc(OC(F)F)cc3)o2)c1. The molecule has 0 unspecified atom stereocenters. The predicted molar refractivity (Wildman–Crippen MR) is 97.3 cm³/mol. The first-order valence-corrected chi connectivity index (χ1v) is 9.03. The summed E-state index contributed by atoms with van der Waals surface area (Å²) in [6, 6.07) is 11.6. The van der Waals surface area contributed by atoms with Gasteiger partial charge in [0, 0.05) is 11.1 Å². The third kappa shape index (κ3) is 4.91. The van der Waals surface area contributed by atoms with E-state index in [1.807, 2.05) is 32.0 Å². The highest BCUT2D eigenvalue weighted by molar-refractivity contribution is 7.99. The molecule has 0 radical (unpaired) electrons. The van der Waals surface area contributed by atoms with Crippen molar-refractivity contribution in [3.63, 3.8) is 0 Å². The molecule has 0 N–H and O–H groups in total. The van der Waals surface area contributed by atoms with E-state index in [0.29, 0.717) is 11.1 Å². The Kier molecular flexibility index (Phi) is 5.85. The van der Waals surface area contributed by atoms with Crippen LogP contribution in [0, 0.1) is 13.8 Å². The van der Waals surface area contributed by atoms with E-state index in [9.17, 15) is 13.6 Å². The number of hydrogen-bond donors (Lipinski definition) is 0. The fourth-order valence-electron chi connectivity index (χ4n) is 2.40. The van der Waals surface area contributed by atoms with Gasteiger partial charge in [0.1, 0.15) is 5.75 Å². The second kappa shape index (κ2) is 8.30. The second-order valence-electron chi connectivity index (χ2n) is 5.81. The van der Waals surface area contributed by atoms with Crippen molar-refractivity contribution in [2.75, 3.05) is 5.75 Å². The fraction of sp³-hybridized carbons (Fsp3) is 0.211. The number of thioether (sulfide) groups is 1. The Balaban J connectivity index is 1.64. The van der Waals surface area contributed by atoms with Crippen LogP contribution in [-0.4, -0.2) is 28.3 Å². The molecule has 0 aliphatic carbocycles. The summed E-state index contributed by atoms with van der Waals surface area (Å²) in [6.07, 6.45) is 0. The number of alkyl halides is 2. The van der Waals surface area contributed by atoms with Crippen molar-refractivity contribution in [1.29, 1.82) is 0 Å². The van der Waals surface area contributed by atoms with Crippen LogP contribution in [0.15, 0.2) is 52.1 Å². The molecule has 0 saturated carbocycles. The van der Waals surface area contributed by atoms with Crippen LogP contribution in [0.2, 0.25) is 0 Å². The number of carbonyl (C=O) groups excluding carboxylic acids is 1. The first-order valence-electron chi connectivity index (χ1n) is 8.04. The van der Waals surface area contributed by atoms with Gasteiger partial charge in [0.2, 0.25) is 5.89 Å². The number of ketones is 1. The summed E-state index contributed by atoms with van der Waals surface area (Å²) in [5.74, 6) is 0.435. The van der Waals surface area contributed by atoms with Crippen LogP contribution in [0.1, 0.15) is 21.5 Å². The summed E-state index contributed by atoms with van der Waals surface area (Å²) < 4.78 is 34.2. The van der Waals surface area contributed by atoms with Crippen molar-refractivity contribution < 1.29 is 22.7 Å². The molecule has 0 bridgehead atoms. The lowest BCUT2D eigenvalue weighted by molar-refractivity contribution is -0.0498. The van der Waals surface area contributed by atoms with Crippen LogP contribution in [0.4, 0.5) is 8.78 Å². The number of hydrogen-bond acceptors (Lipinski definition) is 6. The molecule has 0 saturated heterocycles. The predicted octanol–water partition coefficient (Wildman–Crippen LogP) is 4.93. The molecule has 2 aromatic carbocycles. The smallest absolute Gasteiger partial charge is 0.387 e. The summed E-state index contributed by atoms with van der Waals surface area (Å²) in [7, 11) is 0. The summed E-state index contributed by atoms with van der Waals surface area (Å²) in [6.45, 7) is 0.950. The van der Waals surface area contributed by atoms with E-state index in [1.165, 1.54) is 12.1 Å². The number of benzene rings is 2. The van der Waals surface area contributed by atoms with Gasteiger partial charge in [-0.3, -0.25) is 4.79 Å². The number of nitrogens with zero attached hydrogens (tertiary/aromatic N) is 2. The molecule has 3 rings (SSSR count). The van der Waals surface area contributed by atoms with E-state index in [2.05, 4.69) is 14.9 Å². The van der Waals surface area contributed by atoms with Gasteiger partial charge in [-0.05, 0) is 49.7 Å². The minimum Gasteiger partial charge on any atom is -0.435 e. The van der Waals surface area contributed by atoms with Crippen molar-refractivity contribution in [3.8, 4) is 17.2 Å². The molecule has 5 nitrogen and oxygen atoms in total. The first-order chi connectivity index (χ1) is 12.9. The lowest BCUT2D eigenvalue weighted by atomic mass is 10.0. The fourth-order valence-corrected chi connectivity index (χ4v) is 3.05. The van der Waals surface area contributed by atoms with E-state index in [-0.39, 0.29) is 28.4 Å². The first kappa shape index (κ1) is 19.0. The maximum Gasteiger partial charge on any atom is 0.387 e. The highest BCUT2D eigenvalue weighted by Gasteiger charge is 2.14. The van der Waals surface area contributed by atoms with Crippen molar-refractivity contribution in [2.45, 2.75) is 25.7 Å². The topological polar surface area (TPSA) is 65.2 Å². The Morgan fingerprint density at radius 3 is 2.59 bits per heavy atom. The van der Waals surface area contributed by atoms with E-state index >= 15 is 0 Å². The minimum absolute atomic E-state index is 0.0190. The van der Waals surface area contributed by atoms with Gasteiger partial charge < -0.3 is 9.15 Å². The molecule has 0 fully saturated rings. The van der Waals surface area contributed by atoms with Gasteiger partial charge in [-0.2, -0.15) is 8.78 Å². The lowest BCUT2D eigenvalue weighted by Crippen LogP contribution is -2.05. The zero-order chi connectivity index (χ0) is 19.4. The average molecular weight is 390 g/mol. The number of carbonyl (C=O) groups is 1. The zero-order valence-corrected chi connectivity index (χ0v) is 15.4. The summed E-state index contributed by atoms with van der Waals surface area (Å²) in [5.41, 5.74) is 3.19. The summed E-state index contributed by atoms with van der Waals surface area (Å²) in [5, 5.41) is 8.09.